The predicted molar refractivity (Wildman–Crippen MR) is 142 cm³/mol. The molecule has 1 aromatic carbocycles. The summed E-state index contributed by atoms with van der Waals surface area (Å²) in [7, 11) is -2.39. The molecule has 0 saturated carbocycles. The van der Waals surface area contributed by atoms with Crippen molar-refractivity contribution in [1.29, 1.82) is 0 Å². The Morgan fingerprint density at radius 2 is 1.51 bits per heavy atom. The topological polar surface area (TPSA) is 102 Å². The molecular weight excluding hydrogens is 466 g/mol. The molecule has 0 saturated heterocycles. The minimum atomic E-state index is -4.04. The maximum absolute atomic E-state index is 12.5. The van der Waals surface area contributed by atoms with Crippen molar-refractivity contribution in [2.24, 2.45) is 0 Å². The first kappa shape index (κ1) is 31.2. The van der Waals surface area contributed by atoms with E-state index in [1.54, 1.807) is 7.11 Å². The molecule has 7 nitrogen and oxygen atoms in total. The fraction of sp³-hybridized carbons (Fsp3) is 0.741. The number of carbonyl (C=O) groups is 1. The Hall–Kier alpha value is -1.80. The molecule has 0 spiro atoms. The molecule has 0 aliphatic heterocycles. The number of rotatable bonds is 18. The Kier molecular flexibility index (Phi) is 15.0. The van der Waals surface area contributed by atoms with Crippen LogP contribution in [-0.4, -0.2) is 38.5 Å². The van der Waals surface area contributed by atoms with Gasteiger partial charge >= 0.3 is 6.09 Å². The molecule has 0 radical (unpaired) electrons. The number of alkyl carbamates (subject to hydrolysis) is 1. The van der Waals surface area contributed by atoms with Gasteiger partial charge in [-0.1, -0.05) is 64.7 Å². The lowest BCUT2D eigenvalue weighted by Gasteiger charge is -2.24. The zero-order chi connectivity index (χ0) is 26.3. The van der Waals surface area contributed by atoms with Gasteiger partial charge in [0.05, 0.1) is 12.9 Å². The van der Waals surface area contributed by atoms with Crippen LogP contribution in [0.15, 0.2) is 6.07 Å². The quantitative estimate of drug-likeness (QED) is 0.162. The summed E-state index contributed by atoms with van der Waals surface area (Å²) in [5, 5.41) is 2.61. The lowest BCUT2D eigenvalue weighted by Crippen LogP contribution is -2.28. The van der Waals surface area contributed by atoms with E-state index in [1.807, 2.05) is 26.8 Å². The Balaban J connectivity index is 2.70. The monoisotopic (exact) mass is 513 g/mol. The standard InChI is InChI=1S/C27H47NO6S/c1-6-7-8-9-10-11-12-13-14-15-17-24(34-27(29)28-18-16-19-35(30,31)32)26-21(2)20-25(33-5)22(3)23(26)4/h20,24H,6-19H2,1-5H3,(H,28,29)(H,30,31,32). The smallest absolute Gasteiger partial charge is 0.407 e. The normalized spacial score (nSPS) is 12.4. The highest BCUT2D eigenvalue weighted by atomic mass is 32.2. The zero-order valence-electron chi connectivity index (χ0n) is 22.5. The second-order valence-corrected chi connectivity index (χ2v) is 11.1. The van der Waals surface area contributed by atoms with Gasteiger partial charge in [0.2, 0.25) is 0 Å². The van der Waals surface area contributed by atoms with E-state index in [4.69, 9.17) is 14.0 Å². The highest BCUT2D eigenvalue weighted by molar-refractivity contribution is 7.85. The van der Waals surface area contributed by atoms with E-state index in [-0.39, 0.29) is 13.0 Å². The second-order valence-electron chi connectivity index (χ2n) is 9.49. The van der Waals surface area contributed by atoms with Crippen molar-refractivity contribution in [3.05, 3.63) is 28.3 Å². The van der Waals surface area contributed by atoms with Gasteiger partial charge in [0.1, 0.15) is 11.9 Å². The number of unbranched alkanes of at least 4 members (excludes halogenated alkanes) is 9. The van der Waals surface area contributed by atoms with Crippen LogP contribution in [-0.2, 0) is 14.9 Å². The largest absolute Gasteiger partial charge is 0.496 e. The number of benzene rings is 1. The van der Waals surface area contributed by atoms with Crippen molar-refractivity contribution < 1.29 is 27.2 Å². The molecule has 35 heavy (non-hydrogen) atoms. The third kappa shape index (κ3) is 12.6. The van der Waals surface area contributed by atoms with E-state index in [1.165, 1.54) is 51.4 Å². The SMILES string of the molecule is CCCCCCCCCCCCC(OC(=O)NCCCS(=O)(=O)O)c1c(C)cc(OC)c(C)c1C. The number of nitrogens with one attached hydrogen (secondary N) is 1. The third-order valence-corrected chi connectivity index (χ3v) is 7.37. The van der Waals surface area contributed by atoms with Crippen LogP contribution in [0.3, 0.4) is 0 Å². The minimum absolute atomic E-state index is 0.114. The molecule has 0 aliphatic rings. The maximum atomic E-state index is 12.5. The van der Waals surface area contributed by atoms with Crippen LogP contribution in [0, 0.1) is 20.8 Å². The van der Waals surface area contributed by atoms with Crippen LogP contribution in [0.4, 0.5) is 4.79 Å². The van der Waals surface area contributed by atoms with Gasteiger partial charge in [0.25, 0.3) is 10.1 Å². The molecule has 0 heterocycles. The van der Waals surface area contributed by atoms with Gasteiger partial charge in [-0.05, 0) is 68.4 Å². The average molecular weight is 514 g/mol. The van der Waals surface area contributed by atoms with E-state index in [0.717, 1.165) is 47.3 Å². The van der Waals surface area contributed by atoms with Gasteiger partial charge in [0.15, 0.2) is 0 Å². The lowest BCUT2D eigenvalue weighted by molar-refractivity contribution is 0.0901. The Bertz CT molecular complexity index is 869. The molecule has 0 fully saturated rings. The average Bonchev–Trinajstić information content (AvgIpc) is 2.79. The summed E-state index contributed by atoms with van der Waals surface area (Å²) in [5.74, 6) is 0.418. The fourth-order valence-electron chi connectivity index (χ4n) is 4.47. The number of amides is 1. The maximum Gasteiger partial charge on any atom is 0.407 e. The van der Waals surface area contributed by atoms with Gasteiger partial charge < -0.3 is 14.8 Å². The van der Waals surface area contributed by atoms with Gasteiger partial charge in [0, 0.05) is 6.54 Å². The minimum Gasteiger partial charge on any atom is -0.496 e. The summed E-state index contributed by atoms with van der Waals surface area (Å²) in [6.45, 7) is 8.39. The number of hydrogen-bond donors (Lipinski definition) is 2. The van der Waals surface area contributed by atoms with Gasteiger partial charge in [-0.25, -0.2) is 4.79 Å². The van der Waals surface area contributed by atoms with E-state index in [9.17, 15) is 13.2 Å². The van der Waals surface area contributed by atoms with E-state index < -0.39 is 28.1 Å². The molecule has 1 rings (SSSR count). The van der Waals surface area contributed by atoms with E-state index in [0.29, 0.717) is 0 Å². The molecule has 1 unspecified atom stereocenters. The molecule has 8 heteroatoms. The number of ether oxygens (including phenoxy) is 2. The summed E-state index contributed by atoms with van der Waals surface area (Å²) < 4.78 is 41.9. The Morgan fingerprint density at radius 3 is 2.06 bits per heavy atom. The van der Waals surface area contributed by atoms with Crippen molar-refractivity contribution in [3.63, 3.8) is 0 Å². The van der Waals surface area contributed by atoms with Crippen molar-refractivity contribution in [1.82, 2.24) is 5.32 Å². The molecule has 2 N–H and O–H groups in total. The van der Waals surface area contributed by atoms with Crippen molar-refractivity contribution in [2.45, 2.75) is 111 Å². The Labute approximate surface area is 213 Å². The van der Waals surface area contributed by atoms with Gasteiger partial charge in [-0.2, -0.15) is 8.42 Å². The van der Waals surface area contributed by atoms with Crippen LogP contribution in [0.2, 0.25) is 0 Å². The van der Waals surface area contributed by atoms with Crippen molar-refractivity contribution in [2.75, 3.05) is 19.4 Å². The number of carbonyl (C=O) groups excluding carboxylic acids is 1. The van der Waals surface area contributed by atoms with Gasteiger partial charge in [-0.3, -0.25) is 4.55 Å². The van der Waals surface area contributed by atoms with Crippen molar-refractivity contribution in [3.8, 4) is 5.75 Å². The summed E-state index contributed by atoms with van der Waals surface area (Å²) >= 11 is 0. The molecular formula is C27H47NO6S. The van der Waals surface area contributed by atoms with Crippen LogP contribution in [0.1, 0.15) is 112 Å². The number of aryl methyl sites for hydroxylation is 1. The highest BCUT2D eigenvalue weighted by Crippen LogP contribution is 2.35. The van der Waals surface area contributed by atoms with Crippen LogP contribution >= 0.6 is 0 Å². The second kappa shape index (κ2) is 16.8. The highest BCUT2D eigenvalue weighted by Gasteiger charge is 2.23. The summed E-state index contributed by atoms with van der Waals surface area (Å²) in [6.07, 6.45) is 12.2. The molecule has 1 atom stereocenters. The van der Waals surface area contributed by atoms with Crippen LogP contribution in [0.25, 0.3) is 0 Å². The molecule has 0 aromatic heterocycles. The predicted octanol–water partition coefficient (Wildman–Crippen LogP) is 6.98. The number of methoxy groups -OCH3 is 1. The molecule has 1 amide bonds. The molecule has 202 valence electrons. The van der Waals surface area contributed by atoms with E-state index >= 15 is 0 Å². The summed E-state index contributed by atoms with van der Waals surface area (Å²) in [5.41, 5.74) is 4.10. The fourth-order valence-corrected chi connectivity index (χ4v) is 4.98. The summed E-state index contributed by atoms with van der Waals surface area (Å²) in [6, 6.07) is 1.98. The first-order valence-corrected chi connectivity index (χ1v) is 14.8. The van der Waals surface area contributed by atoms with Crippen molar-refractivity contribution >= 4 is 16.2 Å². The van der Waals surface area contributed by atoms with E-state index in [2.05, 4.69) is 12.2 Å². The summed E-state index contributed by atoms with van der Waals surface area (Å²) in [4.78, 5) is 12.5. The number of hydrogen-bond acceptors (Lipinski definition) is 5. The lowest BCUT2D eigenvalue weighted by atomic mass is 9.91. The van der Waals surface area contributed by atoms with Crippen LogP contribution < -0.4 is 10.1 Å². The third-order valence-electron chi connectivity index (χ3n) is 6.57. The Morgan fingerprint density at radius 1 is 0.943 bits per heavy atom. The molecule has 0 bridgehead atoms. The first-order valence-electron chi connectivity index (χ1n) is 13.1. The van der Waals surface area contributed by atoms with Gasteiger partial charge in [-0.15, -0.1) is 0 Å². The first-order chi connectivity index (χ1) is 16.6. The van der Waals surface area contributed by atoms with Crippen LogP contribution in [0.5, 0.6) is 5.75 Å². The zero-order valence-corrected chi connectivity index (χ0v) is 23.3. The molecule has 1 aromatic rings. The molecule has 0 aliphatic carbocycles.